The highest BCUT2D eigenvalue weighted by atomic mass is 35.5. The zero-order valence-electron chi connectivity index (χ0n) is 11.1. The number of carbonyl (C=O) groups excluding carboxylic acids is 1. The largest absolute Gasteiger partial charge is 0.478 e. The van der Waals surface area contributed by atoms with Crippen molar-refractivity contribution in [2.45, 2.75) is 25.9 Å². The molecule has 2 aromatic rings. The van der Waals surface area contributed by atoms with E-state index in [1.807, 2.05) is 13.0 Å². The van der Waals surface area contributed by atoms with Gasteiger partial charge in [-0.3, -0.25) is 15.2 Å². The van der Waals surface area contributed by atoms with Crippen molar-refractivity contribution in [2.75, 3.05) is 0 Å². The van der Waals surface area contributed by atoms with Crippen LogP contribution in [0.2, 0.25) is 5.02 Å². The highest BCUT2D eigenvalue weighted by Gasteiger charge is 2.20. The number of rotatable bonds is 5. The molecule has 0 fully saturated rings. The third-order valence-electron chi connectivity index (χ3n) is 2.93. The smallest absolute Gasteiger partial charge is 0.274 e. The summed E-state index contributed by atoms with van der Waals surface area (Å²) in [4.78, 5) is 16.0. The lowest BCUT2D eigenvalue weighted by atomic mass is 10.1. The molecular weight excluding hydrogens is 278 g/mol. The van der Waals surface area contributed by atoms with Crippen molar-refractivity contribution in [3.63, 3.8) is 0 Å². The molecule has 1 heterocycles. The average Bonchev–Trinajstić information content (AvgIpc) is 2.49. The number of pyridine rings is 1. The molecule has 1 amide bonds. The fraction of sp³-hybridized carbons (Fsp3) is 0.286. The van der Waals surface area contributed by atoms with Gasteiger partial charge in [-0.05, 0) is 30.7 Å². The van der Waals surface area contributed by atoms with Gasteiger partial charge in [0.05, 0.1) is 5.02 Å². The van der Waals surface area contributed by atoms with Gasteiger partial charge < -0.3 is 4.74 Å². The van der Waals surface area contributed by atoms with Crippen LogP contribution in [0.15, 0.2) is 30.5 Å². The molecule has 0 bridgehead atoms. The summed E-state index contributed by atoms with van der Waals surface area (Å²) in [6.07, 6.45) is 2.39. The second-order valence-electron chi connectivity index (χ2n) is 4.35. The Morgan fingerprint density at radius 3 is 3.00 bits per heavy atom. The maximum absolute atomic E-state index is 11.7. The molecule has 106 valence electrons. The first-order valence-electron chi connectivity index (χ1n) is 6.37. The predicted octanol–water partition coefficient (Wildman–Crippen LogP) is 2.43. The first-order chi connectivity index (χ1) is 9.67. The fourth-order valence-electron chi connectivity index (χ4n) is 1.96. The van der Waals surface area contributed by atoms with Crippen LogP contribution in [0.25, 0.3) is 10.9 Å². The van der Waals surface area contributed by atoms with Crippen molar-refractivity contribution in [1.82, 2.24) is 10.4 Å². The molecule has 0 saturated heterocycles. The monoisotopic (exact) mass is 293 g/mol. The number of hydrogen-bond donors (Lipinski definition) is 2. The van der Waals surface area contributed by atoms with Crippen LogP contribution in [-0.4, -0.2) is 17.0 Å². The minimum atomic E-state index is -0.642. The van der Waals surface area contributed by atoms with Crippen LogP contribution in [0, 0.1) is 0 Å². The summed E-state index contributed by atoms with van der Waals surface area (Å²) in [6, 6.07) is 7.10. The molecule has 0 aliphatic heterocycles. The molecule has 20 heavy (non-hydrogen) atoms. The Bertz CT molecular complexity index is 618. The van der Waals surface area contributed by atoms with Gasteiger partial charge in [0.25, 0.3) is 5.91 Å². The second kappa shape index (κ2) is 6.54. The van der Waals surface area contributed by atoms with Crippen molar-refractivity contribution in [1.29, 1.82) is 0 Å². The number of amides is 1. The molecular formula is C14H16ClN3O2. The highest BCUT2D eigenvalue weighted by molar-refractivity contribution is 6.35. The number of halogens is 1. The first kappa shape index (κ1) is 14.6. The highest BCUT2D eigenvalue weighted by Crippen LogP contribution is 2.30. The van der Waals surface area contributed by atoms with Gasteiger partial charge in [-0.15, -0.1) is 0 Å². The van der Waals surface area contributed by atoms with Gasteiger partial charge in [0, 0.05) is 11.6 Å². The minimum Gasteiger partial charge on any atom is -0.478 e. The van der Waals surface area contributed by atoms with E-state index in [9.17, 15) is 4.79 Å². The molecule has 3 N–H and O–H groups in total. The molecule has 0 spiro atoms. The lowest BCUT2D eigenvalue weighted by Gasteiger charge is -2.18. The third kappa shape index (κ3) is 3.00. The number of ether oxygens (including phenoxy) is 1. The first-order valence-corrected chi connectivity index (χ1v) is 6.75. The Hall–Kier alpha value is -1.85. The van der Waals surface area contributed by atoms with E-state index in [2.05, 4.69) is 10.4 Å². The molecule has 1 aromatic carbocycles. The topological polar surface area (TPSA) is 77.2 Å². The number of hydrazine groups is 1. The second-order valence-corrected chi connectivity index (χ2v) is 4.76. The molecule has 6 heteroatoms. The standard InChI is InChI=1S/C14H16ClN3O2/c1-2-4-12(14(19)18-16)20-11-7-6-10(15)9-5-3-8-17-13(9)11/h3,5-8,12H,2,4,16H2,1H3,(H,18,19). The predicted molar refractivity (Wildman–Crippen MR) is 78.4 cm³/mol. The van der Waals surface area contributed by atoms with Gasteiger partial charge in [-0.2, -0.15) is 0 Å². The van der Waals surface area contributed by atoms with Crippen molar-refractivity contribution < 1.29 is 9.53 Å². The number of fused-ring (bicyclic) bond motifs is 1. The summed E-state index contributed by atoms with van der Waals surface area (Å²) in [7, 11) is 0. The minimum absolute atomic E-state index is 0.356. The van der Waals surface area contributed by atoms with E-state index in [0.29, 0.717) is 22.7 Å². The van der Waals surface area contributed by atoms with Gasteiger partial charge in [-0.25, -0.2) is 5.84 Å². The van der Waals surface area contributed by atoms with Crippen LogP contribution in [-0.2, 0) is 4.79 Å². The normalized spacial score (nSPS) is 12.2. The summed E-state index contributed by atoms with van der Waals surface area (Å²) in [5.41, 5.74) is 2.75. The van der Waals surface area contributed by atoms with Gasteiger partial charge in [-0.1, -0.05) is 24.9 Å². The van der Waals surface area contributed by atoms with Gasteiger partial charge in [0.1, 0.15) is 11.3 Å². The number of carbonyl (C=O) groups is 1. The van der Waals surface area contributed by atoms with Crippen LogP contribution in [0.1, 0.15) is 19.8 Å². The van der Waals surface area contributed by atoms with E-state index in [1.54, 1.807) is 24.4 Å². The Morgan fingerprint density at radius 1 is 1.50 bits per heavy atom. The van der Waals surface area contributed by atoms with Gasteiger partial charge in [0.15, 0.2) is 6.10 Å². The Kier molecular flexibility index (Phi) is 4.76. The summed E-state index contributed by atoms with van der Waals surface area (Å²) >= 11 is 6.12. The van der Waals surface area contributed by atoms with E-state index < -0.39 is 6.10 Å². The lowest BCUT2D eigenvalue weighted by molar-refractivity contribution is -0.128. The van der Waals surface area contributed by atoms with Gasteiger partial charge in [0.2, 0.25) is 0 Å². The maximum atomic E-state index is 11.7. The van der Waals surface area contributed by atoms with E-state index in [0.717, 1.165) is 11.8 Å². The van der Waals surface area contributed by atoms with E-state index in [4.69, 9.17) is 22.2 Å². The quantitative estimate of drug-likeness (QED) is 0.504. The Balaban J connectivity index is 2.37. The number of nitrogens with two attached hydrogens (primary N) is 1. The van der Waals surface area contributed by atoms with Crippen molar-refractivity contribution in [2.24, 2.45) is 5.84 Å². The zero-order chi connectivity index (χ0) is 14.5. The van der Waals surface area contributed by atoms with Crippen molar-refractivity contribution in [3.8, 4) is 5.75 Å². The fourth-order valence-corrected chi connectivity index (χ4v) is 2.17. The average molecular weight is 294 g/mol. The summed E-state index contributed by atoms with van der Waals surface area (Å²) in [5, 5.41) is 1.38. The van der Waals surface area contributed by atoms with Crippen LogP contribution >= 0.6 is 11.6 Å². The molecule has 1 aromatic heterocycles. The number of nitrogens with one attached hydrogen (secondary N) is 1. The summed E-state index contributed by atoms with van der Waals surface area (Å²) < 4.78 is 5.76. The van der Waals surface area contributed by atoms with Crippen LogP contribution in [0.5, 0.6) is 5.75 Å². The van der Waals surface area contributed by atoms with Gasteiger partial charge >= 0.3 is 0 Å². The Morgan fingerprint density at radius 2 is 2.30 bits per heavy atom. The van der Waals surface area contributed by atoms with E-state index in [1.165, 1.54) is 0 Å². The van der Waals surface area contributed by atoms with E-state index in [-0.39, 0.29) is 5.91 Å². The van der Waals surface area contributed by atoms with E-state index >= 15 is 0 Å². The number of hydrogen-bond acceptors (Lipinski definition) is 4. The molecule has 1 unspecified atom stereocenters. The molecule has 0 radical (unpaired) electrons. The summed E-state index contributed by atoms with van der Waals surface area (Å²) in [6.45, 7) is 1.97. The molecule has 0 aliphatic rings. The summed E-state index contributed by atoms with van der Waals surface area (Å²) in [5.74, 6) is 5.34. The van der Waals surface area contributed by atoms with Crippen LogP contribution in [0.3, 0.4) is 0 Å². The molecule has 1 atom stereocenters. The zero-order valence-corrected chi connectivity index (χ0v) is 11.9. The van der Waals surface area contributed by atoms with Crippen molar-refractivity contribution in [3.05, 3.63) is 35.5 Å². The molecule has 2 rings (SSSR count). The van der Waals surface area contributed by atoms with Crippen LogP contribution in [0.4, 0.5) is 0 Å². The molecule has 0 saturated carbocycles. The molecule has 0 aliphatic carbocycles. The Labute approximate surface area is 122 Å². The lowest BCUT2D eigenvalue weighted by Crippen LogP contribution is -2.42. The van der Waals surface area contributed by atoms with Crippen molar-refractivity contribution >= 4 is 28.4 Å². The SMILES string of the molecule is CCCC(Oc1ccc(Cl)c2cccnc12)C(=O)NN. The third-order valence-corrected chi connectivity index (χ3v) is 3.26. The number of benzene rings is 1. The maximum Gasteiger partial charge on any atom is 0.274 e. The molecule has 5 nitrogen and oxygen atoms in total. The number of aromatic nitrogens is 1. The van der Waals surface area contributed by atoms with Crippen LogP contribution < -0.4 is 16.0 Å². The number of nitrogens with zero attached hydrogens (tertiary/aromatic N) is 1.